The van der Waals surface area contributed by atoms with Gasteiger partial charge in [-0.05, 0) is 56.5 Å². The largest absolute Gasteiger partial charge is 0.351 e. The third kappa shape index (κ3) is 4.49. The average Bonchev–Trinajstić information content (AvgIpc) is 3.14. The first-order valence-electron chi connectivity index (χ1n) is 9.20. The van der Waals surface area contributed by atoms with Crippen molar-refractivity contribution < 1.29 is 4.79 Å². The lowest BCUT2D eigenvalue weighted by Gasteiger charge is -2.24. The monoisotopic (exact) mass is 336 g/mol. The molecule has 3 nitrogen and oxygen atoms in total. The van der Waals surface area contributed by atoms with Crippen LogP contribution in [-0.4, -0.2) is 23.9 Å². The van der Waals surface area contributed by atoms with Crippen LogP contribution in [0.5, 0.6) is 0 Å². The fraction of sp³-hybridized carbons (Fsp3) is 0.409. The quantitative estimate of drug-likeness (QED) is 0.868. The first-order valence-corrected chi connectivity index (χ1v) is 9.20. The van der Waals surface area contributed by atoms with Crippen LogP contribution in [0.1, 0.15) is 43.4 Å². The Kier molecular flexibility index (Phi) is 5.54. The second-order valence-corrected chi connectivity index (χ2v) is 7.47. The summed E-state index contributed by atoms with van der Waals surface area (Å²) < 4.78 is 0. The Morgan fingerprint density at radius 3 is 2.20 bits per heavy atom. The van der Waals surface area contributed by atoms with E-state index >= 15 is 0 Å². The number of likely N-dealkylation sites (tertiary alicyclic amines) is 1. The van der Waals surface area contributed by atoms with Crippen molar-refractivity contribution in [2.24, 2.45) is 0 Å². The molecule has 3 heteroatoms. The van der Waals surface area contributed by atoms with Crippen LogP contribution in [-0.2, 0) is 23.3 Å². The average molecular weight is 336 g/mol. The van der Waals surface area contributed by atoms with Gasteiger partial charge in [-0.1, -0.05) is 54.6 Å². The van der Waals surface area contributed by atoms with Gasteiger partial charge < -0.3 is 5.32 Å². The van der Waals surface area contributed by atoms with Crippen molar-refractivity contribution in [1.82, 2.24) is 10.2 Å². The van der Waals surface area contributed by atoms with Gasteiger partial charge in [0.15, 0.2) is 0 Å². The zero-order valence-electron chi connectivity index (χ0n) is 15.3. The number of hydrogen-bond donors (Lipinski definition) is 1. The molecule has 2 aromatic rings. The standard InChI is InChI=1S/C22H28N2O/c1-22(2,20-8-4-3-5-9-20)21(25)23-16-18-10-12-19(13-11-18)17-24-14-6-7-15-24/h3-5,8-13H,6-7,14-17H2,1-2H3,(H,23,25). The number of hydrogen-bond acceptors (Lipinski definition) is 2. The Hall–Kier alpha value is -2.13. The molecule has 1 saturated heterocycles. The Bertz CT molecular complexity index is 686. The van der Waals surface area contributed by atoms with Gasteiger partial charge in [0, 0.05) is 13.1 Å². The van der Waals surface area contributed by atoms with Crippen molar-refractivity contribution in [2.75, 3.05) is 13.1 Å². The molecule has 1 N–H and O–H groups in total. The van der Waals surface area contributed by atoms with Crippen molar-refractivity contribution in [3.05, 3.63) is 71.3 Å². The Labute approximate surface area is 151 Å². The van der Waals surface area contributed by atoms with Crippen LogP contribution in [0.25, 0.3) is 0 Å². The number of carbonyl (C=O) groups is 1. The van der Waals surface area contributed by atoms with E-state index in [2.05, 4.69) is 34.5 Å². The van der Waals surface area contributed by atoms with E-state index in [9.17, 15) is 4.79 Å². The summed E-state index contributed by atoms with van der Waals surface area (Å²) in [7, 11) is 0. The molecule has 0 saturated carbocycles. The summed E-state index contributed by atoms with van der Waals surface area (Å²) in [5, 5.41) is 3.08. The molecule has 0 bridgehead atoms. The van der Waals surface area contributed by atoms with Crippen LogP contribution in [0.3, 0.4) is 0 Å². The molecule has 0 aromatic heterocycles. The van der Waals surface area contributed by atoms with Crippen LogP contribution in [0.2, 0.25) is 0 Å². The highest BCUT2D eigenvalue weighted by Crippen LogP contribution is 2.23. The number of nitrogens with zero attached hydrogens (tertiary/aromatic N) is 1. The van der Waals surface area contributed by atoms with Crippen LogP contribution in [0.4, 0.5) is 0 Å². The summed E-state index contributed by atoms with van der Waals surface area (Å²) in [5.41, 5.74) is 2.99. The minimum atomic E-state index is -0.531. The third-order valence-corrected chi connectivity index (χ3v) is 5.14. The second-order valence-electron chi connectivity index (χ2n) is 7.47. The minimum Gasteiger partial charge on any atom is -0.351 e. The summed E-state index contributed by atoms with van der Waals surface area (Å²) >= 11 is 0. The molecule has 0 atom stereocenters. The van der Waals surface area contributed by atoms with Gasteiger partial charge in [-0.3, -0.25) is 9.69 Å². The number of amides is 1. The molecule has 1 amide bonds. The topological polar surface area (TPSA) is 32.3 Å². The predicted octanol–water partition coefficient (Wildman–Crippen LogP) is 3.88. The second kappa shape index (κ2) is 7.83. The maximum atomic E-state index is 12.6. The molecule has 2 aromatic carbocycles. The van der Waals surface area contributed by atoms with Crippen molar-refractivity contribution in [2.45, 2.75) is 45.2 Å². The van der Waals surface area contributed by atoms with Gasteiger partial charge in [-0.15, -0.1) is 0 Å². The van der Waals surface area contributed by atoms with Gasteiger partial charge in [0.1, 0.15) is 0 Å². The molecule has 1 aliphatic rings. The first kappa shape index (κ1) is 17.7. The van der Waals surface area contributed by atoms with Gasteiger partial charge in [0.05, 0.1) is 5.41 Å². The third-order valence-electron chi connectivity index (χ3n) is 5.14. The summed E-state index contributed by atoms with van der Waals surface area (Å²) in [5.74, 6) is 0.0554. The van der Waals surface area contributed by atoms with E-state index in [0.717, 1.165) is 17.7 Å². The predicted molar refractivity (Wildman–Crippen MR) is 102 cm³/mol. The lowest BCUT2D eigenvalue weighted by Crippen LogP contribution is -2.39. The number of rotatable bonds is 6. The van der Waals surface area contributed by atoms with Gasteiger partial charge in [0.25, 0.3) is 0 Å². The molecule has 1 fully saturated rings. The fourth-order valence-electron chi connectivity index (χ4n) is 3.35. The SMILES string of the molecule is CC(C)(C(=O)NCc1ccc(CN2CCCC2)cc1)c1ccccc1. The normalized spacial score (nSPS) is 15.3. The maximum Gasteiger partial charge on any atom is 0.230 e. The molecule has 0 aliphatic carbocycles. The molecule has 1 heterocycles. The van der Waals surface area contributed by atoms with Crippen LogP contribution in [0, 0.1) is 0 Å². The summed E-state index contributed by atoms with van der Waals surface area (Å²) in [6.07, 6.45) is 2.64. The highest BCUT2D eigenvalue weighted by atomic mass is 16.2. The van der Waals surface area contributed by atoms with E-state index in [-0.39, 0.29) is 5.91 Å². The van der Waals surface area contributed by atoms with Gasteiger partial charge in [-0.25, -0.2) is 0 Å². The fourth-order valence-corrected chi connectivity index (χ4v) is 3.35. The Morgan fingerprint density at radius 2 is 1.56 bits per heavy atom. The van der Waals surface area contributed by atoms with Gasteiger partial charge in [0.2, 0.25) is 5.91 Å². The zero-order chi connectivity index (χ0) is 17.7. The van der Waals surface area contributed by atoms with Crippen LogP contribution >= 0.6 is 0 Å². The Balaban J connectivity index is 1.55. The summed E-state index contributed by atoms with van der Waals surface area (Å²) in [4.78, 5) is 15.1. The van der Waals surface area contributed by atoms with E-state index in [4.69, 9.17) is 0 Å². The number of nitrogens with one attached hydrogen (secondary N) is 1. The van der Waals surface area contributed by atoms with E-state index in [1.165, 1.54) is 31.5 Å². The van der Waals surface area contributed by atoms with E-state index in [0.29, 0.717) is 6.54 Å². The molecular formula is C22H28N2O. The molecular weight excluding hydrogens is 308 g/mol. The molecule has 0 spiro atoms. The van der Waals surface area contributed by atoms with Crippen molar-refractivity contribution >= 4 is 5.91 Å². The summed E-state index contributed by atoms with van der Waals surface area (Å²) in [6.45, 7) is 7.97. The zero-order valence-corrected chi connectivity index (χ0v) is 15.3. The lowest BCUT2D eigenvalue weighted by atomic mass is 9.84. The van der Waals surface area contributed by atoms with Crippen molar-refractivity contribution in [1.29, 1.82) is 0 Å². The smallest absolute Gasteiger partial charge is 0.230 e. The van der Waals surface area contributed by atoms with Gasteiger partial charge in [-0.2, -0.15) is 0 Å². The van der Waals surface area contributed by atoms with Crippen LogP contribution in [0.15, 0.2) is 54.6 Å². The highest BCUT2D eigenvalue weighted by molar-refractivity contribution is 5.87. The van der Waals surface area contributed by atoms with Crippen molar-refractivity contribution in [3.8, 4) is 0 Å². The molecule has 0 radical (unpaired) electrons. The number of benzene rings is 2. The van der Waals surface area contributed by atoms with E-state index in [1.54, 1.807) is 0 Å². The molecule has 0 unspecified atom stereocenters. The molecule has 25 heavy (non-hydrogen) atoms. The summed E-state index contributed by atoms with van der Waals surface area (Å²) in [6, 6.07) is 18.6. The first-order chi connectivity index (χ1) is 12.1. The van der Waals surface area contributed by atoms with Gasteiger partial charge >= 0.3 is 0 Å². The van der Waals surface area contributed by atoms with Crippen LogP contribution < -0.4 is 5.32 Å². The maximum absolute atomic E-state index is 12.6. The molecule has 132 valence electrons. The Morgan fingerprint density at radius 1 is 0.960 bits per heavy atom. The van der Waals surface area contributed by atoms with E-state index < -0.39 is 5.41 Å². The number of carbonyl (C=O) groups excluding carboxylic acids is 1. The molecule has 3 rings (SSSR count). The minimum absolute atomic E-state index is 0.0554. The molecule has 1 aliphatic heterocycles. The van der Waals surface area contributed by atoms with E-state index in [1.807, 2.05) is 44.2 Å². The lowest BCUT2D eigenvalue weighted by molar-refractivity contribution is -0.125. The van der Waals surface area contributed by atoms with Crippen molar-refractivity contribution in [3.63, 3.8) is 0 Å². The highest BCUT2D eigenvalue weighted by Gasteiger charge is 2.29.